The number of benzene rings is 1. The van der Waals surface area contributed by atoms with Crippen LogP contribution < -0.4 is 5.32 Å². The average molecular weight is 352 g/mol. The van der Waals surface area contributed by atoms with Gasteiger partial charge in [0.1, 0.15) is 0 Å². The Labute approximate surface area is 140 Å². The summed E-state index contributed by atoms with van der Waals surface area (Å²) in [5.74, 6) is 0.595. The maximum Gasteiger partial charge on any atom is 0.251 e. The van der Waals surface area contributed by atoms with E-state index in [4.69, 9.17) is 4.42 Å². The van der Waals surface area contributed by atoms with Gasteiger partial charge in [0.05, 0.1) is 11.4 Å². The van der Waals surface area contributed by atoms with Gasteiger partial charge >= 0.3 is 0 Å². The van der Waals surface area contributed by atoms with Crippen LogP contribution in [0.1, 0.15) is 41.9 Å². The number of nitrogens with zero attached hydrogens (tertiary/aromatic N) is 3. The van der Waals surface area contributed by atoms with Crippen LogP contribution in [0.2, 0.25) is 0 Å². The van der Waals surface area contributed by atoms with Crippen LogP contribution in [-0.2, 0) is 16.6 Å². The van der Waals surface area contributed by atoms with E-state index in [1.54, 1.807) is 0 Å². The van der Waals surface area contributed by atoms with Crippen LogP contribution in [0.4, 0.5) is 0 Å². The van der Waals surface area contributed by atoms with Crippen molar-refractivity contribution in [1.29, 1.82) is 0 Å². The van der Waals surface area contributed by atoms with E-state index in [1.165, 1.54) is 38.4 Å². The highest BCUT2D eigenvalue weighted by molar-refractivity contribution is 7.89. The van der Waals surface area contributed by atoms with Gasteiger partial charge < -0.3 is 9.73 Å². The first-order valence-electron chi connectivity index (χ1n) is 7.35. The molecule has 24 heavy (non-hydrogen) atoms. The summed E-state index contributed by atoms with van der Waals surface area (Å²) >= 11 is 0. The maximum absolute atomic E-state index is 12.1. The number of carbonyl (C=O) groups is 1. The number of rotatable bonds is 6. The molecule has 0 aliphatic carbocycles. The number of carbonyl (C=O) groups excluding carboxylic acids is 1. The molecule has 9 heteroatoms. The summed E-state index contributed by atoms with van der Waals surface area (Å²) in [5.41, 5.74) is 0.344. The lowest BCUT2D eigenvalue weighted by Gasteiger charge is -2.11. The Bertz CT molecular complexity index is 810. The van der Waals surface area contributed by atoms with Gasteiger partial charge in [-0.25, -0.2) is 12.7 Å². The lowest BCUT2D eigenvalue weighted by Crippen LogP contribution is -2.24. The third-order valence-electron chi connectivity index (χ3n) is 3.27. The molecule has 0 radical (unpaired) electrons. The van der Waals surface area contributed by atoms with Gasteiger partial charge in [-0.15, -0.1) is 10.2 Å². The Morgan fingerprint density at radius 2 is 1.83 bits per heavy atom. The largest absolute Gasteiger partial charge is 0.423 e. The van der Waals surface area contributed by atoms with E-state index < -0.39 is 10.0 Å². The third-order valence-corrected chi connectivity index (χ3v) is 5.10. The summed E-state index contributed by atoms with van der Waals surface area (Å²) in [5, 5.41) is 10.4. The van der Waals surface area contributed by atoms with E-state index in [0.717, 1.165) is 4.31 Å². The van der Waals surface area contributed by atoms with Gasteiger partial charge in [0.2, 0.25) is 21.8 Å². The van der Waals surface area contributed by atoms with Crippen LogP contribution >= 0.6 is 0 Å². The molecule has 1 aromatic heterocycles. The second kappa shape index (κ2) is 7.10. The van der Waals surface area contributed by atoms with Gasteiger partial charge in [-0.1, -0.05) is 13.8 Å². The molecule has 0 atom stereocenters. The zero-order chi connectivity index (χ0) is 17.9. The van der Waals surface area contributed by atoms with Crippen molar-refractivity contribution in [2.75, 3.05) is 14.1 Å². The predicted octanol–water partition coefficient (Wildman–Crippen LogP) is 1.37. The molecule has 0 fully saturated rings. The number of hydrogen-bond donors (Lipinski definition) is 1. The number of sulfonamides is 1. The van der Waals surface area contributed by atoms with Gasteiger partial charge in [0.15, 0.2) is 0 Å². The van der Waals surface area contributed by atoms with Gasteiger partial charge in [0, 0.05) is 25.6 Å². The number of aromatic nitrogens is 2. The normalized spacial score (nSPS) is 11.9. The van der Waals surface area contributed by atoms with Crippen LogP contribution in [0.3, 0.4) is 0 Å². The summed E-state index contributed by atoms with van der Waals surface area (Å²) in [4.78, 5) is 12.2. The molecule has 130 valence electrons. The number of amides is 1. The van der Waals surface area contributed by atoms with Crippen LogP contribution in [0.25, 0.3) is 0 Å². The van der Waals surface area contributed by atoms with Crippen LogP contribution in [0, 0.1) is 0 Å². The zero-order valence-corrected chi connectivity index (χ0v) is 14.8. The highest BCUT2D eigenvalue weighted by atomic mass is 32.2. The predicted molar refractivity (Wildman–Crippen MR) is 86.9 cm³/mol. The summed E-state index contributed by atoms with van der Waals surface area (Å²) in [7, 11) is -0.611. The van der Waals surface area contributed by atoms with Gasteiger partial charge in [0.25, 0.3) is 5.91 Å². The minimum Gasteiger partial charge on any atom is -0.423 e. The van der Waals surface area contributed by atoms with Gasteiger partial charge in [-0.2, -0.15) is 0 Å². The standard InChI is InChI=1S/C15H20N4O4S/c1-10(2)15-18-17-13(23-15)9-16-14(20)11-5-7-12(8-6-11)24(21,22)19(3)4/h5-8,10H,9H2,1-4H3,(H,16,20). The SMILES string of the molecule is CC(C)c1nnc(CNC(=O)c2ccc(S(=O)(=O)N(C)C)cc2)o1. The number of hydrogen-bond acceptors (Lipinski definition) is 6. The molecule has 0 saturated carbocycles. The van der Waals surface area contributed by atoms with Crippen molar-refractivity contribution < 1.29 is 17.6 Å². The molecule has 0 unspecified atom stereocenters. The second-order valence-corrected chi connectivity index (χ2v) is 7.84. The van der Waals surface area contributed by atoms with Crippen molar-refractivity contribution in [2.45, 2.75) is 31.2 Å². The molecule has 1 aromatic carbocycles. The Morgan fingerprint density at radius 3 is 2.33 bits per heavy atom. The van der Waals surface area contributed by atoms with Gasteiger partial charge in [-0.05, 0) is 24.3 Å². The molecule has 0 aliphatic rings. The zero-order valence-electron chi connectivity index (χ0n) is 14.0. The molecule has 1 N–H and O–H groups in total. The molecule has 0 saturated heterocycles. The molecule has 2 rings (SSSR count). The number of nitrogens with one attached hydrogen (secondary N) is 1. The van der Waals surface area contributed by atoms with Gasteiger partial charge in [-0.3, -0.25) is 4.79 Å². The maximum atomic E-state index is 12.1. The monoisotopic (exact) mass is 352 g/mol. The molecule has 8 nitrogen and oxygen atoms in total. The molecular weight excluding hydrogens is 332 g/mol. The summed E-state index contributed by atoms with van der Waals surface area (Å²) < 4.78 is 30.5. The van der Waals surface area contributed by atoms with Crippen LogP contribution in [0.15, 0.2) is 33.6 Å². The van der Waals surface area contributed by atoms with Crippen LogP contribution in [0.5, 0.6) is 0 Å². The highest BCUT2D eigenvalue weighted by Crippen LogP contribution is 2.14. The van der Waals surface area contributed by atoms with Crippen molar-refractivity contribution in [1.82, 2.24) is 19.8 Å². The van der Waals surface area contributed by atoms with Crippen LogP contribution in [-0.4, -0.2) is 42.9 Å². The van der Waals surface area contributed by atoms with E-state index >= 15 is 0 Å². The molecule has 0 aliphatic heterocycles. The van der Waals surface area contributed by atoms with E-state index in [9.17, 15) is 13.2 Å². The highest BCUT2D eigenvalue weighted by Gasteiger charge is 2.17. The molecule has 2 aromatic rings. The minimum absolute atomic E-state index is 0.107. The minimum atomic E-state index is -3.51. The molecular formula is C15H20N4O4S. The lowest BCUT2D eigenvalue weighted by atomic mass is 10.2. The third kappa shape index (κ3) is 3.98. The Hall–Kier alpha value is -2.26. The lowest BCUT2D eigenvalue weighted by molar-refractivity contribution is 0.0947. The van der Waals surface area contributed by atoms with Crippen molar-refractivity contribution in [3.8, 4) is 0 Å². The topological polar surface area (TPSA) is 105 Å². The molecule has 0 spiro atoms. The Balaban J connectivity index is 2.02. The van der Waals surface area contributed by atoms with Crippen molar-refractivity contribution in [3.63, 3.8) is 0 Å². The Morgan fingerprint density at radius 1 is 1.21 bits per heavy atom. The van der Waals surface area contributed by atoms with Crippen molar-refractivity contribution in [2.24, 2.45) is 0 Å². The quantitative estimate of drug-likeness (QED) is 0.842. The second-order valence-electron chi connectivity index (χ2n) is 5.68. The first kappa shape index (κ1) is 18.1. The van der Waals surface area contributed by atoms with E-state index in [2.05, 4.69) is 15.5 Å². The summed E-state index contributed by atoms with van der Waals surface area (Å²) in [6, 6.07) is 5.71. The van der Waals surface area contributed by atoms with Crippen molar-refractivity contribution in [3.05, 3.63) is 41.6 Å². The average Bonchev–Trinajstić information content (AvgIpc) is 3.02. The fourth-order valence-electron chi connectivity index (χ4n) is 1.82. The summed E-state index contributed by atoms with van der Waals surface area (Å²) in [6.07, 6.45) is 0. The Kier molecular flexibility index (Phi) is 5.35. The smallest absolute Gasteiger partial charge is 0.251 e. The molecule has 1 amide bonds. The molecule has 0 bridgehead atoms. The van der Waals surface area contributed by atoms with E-state index in [0.29, 0.717) is 17.3 Å². The van der Waals surface area contributed by atoms with E-state index in [-0.39, 0.29) is 23.3 Å². The fourth-order valence-corrected chi connectivity index (χ4v) is 2.72. The van der Waals surface area contributed by atoms with Crippen molar-refractivity contribution >= 4 is 15.9 Å². The molecule has 1 heterocycles. The van der Waals surface area contributed by atoms with E-state index in [1.807, 2.05) is 13.8 Å². The first-order valence-corrected chi connectivity index (χ1v) is 8.79. The first-order chi connectivity index (χ1) is 11.2. The summed E-state index contributed by atoms with van der Waals surface area (Å²) in [6.45, 7) is 3.97. The fraction of sp³-hybridized carbons (Fsp3) is 0.400.